The number of tetrazole rings is 1. The molecule has 1 aliphatic rings. The molecule has 0 aromatic carbocycles. The van der Waals surface area contributed by atoms with Gasteiger partial charge in [-0.25, -0.2) is 9.97 Å². The maximum absolute atomic E-state index is 12.2. The van der Waals surface area contributed by atoms with Gasteiger partial charge in [0.1, 0.15) is 17.1 Å². The molecule has 11 heteroatoms. The summed E-state index contributed by atoms with van der Waals surface area (Å²) in [5, 5.41) is 18.5. The number of hydrogen-bond acceptors (Lipinski definition) is 8. The van der Waals surface area contributed by atoms with Crippen molar-refractivity contribution in [2.45, 2.75) is 33.1 Å². The number of carbonyl (C=O) groups excluding carboxylic acids is 1. The van der Waals surface area contributed by atoms with E-state index in [2.05, 4.69) is 31.0 Å². The molecule has 0 spiro atoms. The summed E-state index contributed by atoms with van der Waals surface area (Å²) >= 11 is 0. The summed E-state index contributed by atoms with van der Waals surface area (Å²) < 4.78 is 7.73. The molecule has 1 aliphatic carbocycles. The molecule has 11 nitrogen and oxygen atoms in total. The van der Waals surface area contributed by atoms with E-state index in [0.29, 0.717) is 35.5 Å². The van der Waals surface area contributed by atoms with Crippen LogP contribution in [0, 0.1) is 5.92 Å². The van der Waals surface area contributed by atoms with E-state index in [1.54, 1.807) is 33.6 Å². The summed E-state index contributed by atoms with van der Waals surface area (Å²) in [7, 11) is 5.14. The van der Waals surface area contributed by atoms with Crippen molar-refractivity contribution in [3.8, 4) is 0 Å². The molecule has 32 heavy (non-hydrogen) atoms. The molecular formula is C21H27N9O2. The SMILES string of the molecule is C/C=C(\C(OC)=C(/CC)c1nnn(C)n1)c1nc(NC)c2cnc(NC(=O)C3CC3)cn12. The standard InChI is InChI=1S/C21H27N9O2/c1-6-13(18-26-28-29(4)27-18)17(32-5)14(7-2)20-25-19(22-3)15-10-23-16(11-30(15)20)24-21(31)12-8-9-12/h7,10-12,22H,6,8-9H2,1-5H3,(H,24,31)/b14-7+,17-13-. The van der Waals surface area contributed by atoms with Gasteiger partial charge in [-0.2, -0.15) is 4.80 Å². The van der Waals surface area contributed by atoms with Crippen LogP contribution in [-0.2, 0) is 16.6 Å². The lowest BCUT2D eigenvalue weighted by atomic mass is 10.0. The van der Waals surface area contributed by atoms with Crippen LogP contribution < -0.4 is 10.6 Å². The fraction of sp³-hybridized carbons (Fsp3) is 0.429. The Bertz CT molecular complexity index is 1220. The van der Waals surface area contributed by atoms with Crippen LogP contribution in [0.25, 0.3) is 16.7 Å². The molecule has 1 amide bonds. The zero-order chi connectivity index (χ0) is 22.8. The van der Waals surface area contributed by atoms with Crippen LogP contribution in [0.15, 0.2) is 24.2 Å². The Morgan fingerprint density at radius 3 is 2.72 bits per heavy atom. The number of fused-ring (bicyclic) bond motifs is 1. The number of nitrogens with zero attached hydrogens (tertiary/aromatic N) is 7. The molecule has 3 aromatic heterocycles. The summed E-state index contributed by atoms with van der Waals surface area (Å²) in [6.45, 7) is 3.93. The highest BCUT2D eigenvalue weighted by Crippen LogP contribution is 2.34. The van der Waals surface area contributed by atoms with Gasteiger partial charge in [0, 0.05) is 18.5 Å². The molecule has 4 rings (SSSR count). The minimum Gasteiger partial charge on any atom is -0.496 e. The van der Waals surface area contributed by atoms with Crippen molar-refractivity contribution in [2.75, 3.05) is 24.8 Å². The smallest absolute Gasteiger partial charge is 0.228 e. The Hall–Kier alpha value is -3.76. The Balaban J connectivity index is 1.84. The van der Waals surface area contributed by atoms with Crippen molar-refractivity contribution in [1.82, 2.24) is 34.6 Å². The second-order valence-corrected chi connectivity index (χ2v) is 7.50. The van der Waals surface area contributed by atoms with E-state index < -0.39 is 0 Å². The predicted molar refractivity (Wildman–Crippen MR) is 121 cm³/mol. The fourth-order valence-corrected chi connectivity index (χ4v) is 3.58. The van der Waals surface area contributed by atoms with E-state index >= 15 is 0 Å². The van der Waals surface area contributed by atoms with E-state index in [-0.39, 0.29) is 11.8 Å². The van der Waals surface area contributed by atoms with Crippen LogP contribution in [-0.4, -0.2) is 54.6 Å². The van der Waals surface area contributed by atoms with E-state index in [1.165, 1.54) is 4.80 Å². The maximum atomic E-state index is 12.2. The Labute approximate surface area is 185 Å². The van der Waals surface area contributed by atoms with Crippen molar-refractivity contribution in [2.24, 2.45) is 13.0 Å². The van der Waals surface area contributed by atoms with Crippen molar-refractivity contribution in [3.63, 3.8) is 0 Å². The van der Waals surface area contributed by atoms with Crippen LogP contribution in [0.5, 0.6) is 0 Å². The Kier molecular flexibility index (Phi) is 5.89. The number of hydrogen-bond donors (Lipinski definition) is 2. The molecule has 0 unspecified atom stereocenters. The number of aryl methyl sites for hydroxylation is 1. The van der Waals surface area contributed by atoms with E-state index in [0.717, 1.165) is 29.5 Å². The molecule has 0 aliphatic heterocycles. The van der Waals surface area contributed by atoms with Crippen molar-refractivity contribution >= 4 is 34.2 Å². The minimum atomic E-state index is -0.00177. The number of amides is 1. The number of carbonyl (C=O) groups is 1. The van der Waals surface area contributed by atoms with Gasteiger partial charge in [-0.3, -0.25) is 9.20 Å². The number of imidazole rings is 1. The first kappa shape index (κ1) is 21.5. The molecule has 0 saturated heterocycles. The van der Waals surface area contributed by atoms with Crippen LogP contribution in [0.3, 0.4) is 0 Å². The molecule has 1 fully saturated rings. The van der Waals surface area contributed by atoms with E-state index in [1.807, 2.05) is 24.3 Å². The van der Waals surface area contributed by atoms with Gasteiger partial charge in [-0.1, -0.05) is 13.0 Å². The monoisotopic (exact) mass is 437 g/mol. The lowest BCUT2D eigenvalue weighted by Gasteiger charge is -2.14. The summed E-state index contributed by atoms with van der Waals surface area (Å²) in [5.41, 5.74) is 2.35. The molecule has 0 radical (unpaired) electrons. The molecular weight excluding hydrogens is 410 g/mol. The molecule has 3 heterocycles. The first-order chi connectivity index (χ1) is 15.5. The first-order valence-electron chi connectivity index (χ1n) is 10.6. The highest BCUT2D eigenvalue weighted by molar-refractivity contribution is 5.93. The number of ether oxygens (including phenoxy) is 1. The van der Waals surface area contributed by atoms with Gasteiger partial charge in [0.2, 0.25) is 11.7 Å². The predicted octanol–water partition coefficient (Wildman–Crippen LogP) is 2.51. The third-order valence-corrected chi connectivity index (χ3v) is 5.35. The van der Waals surface area contributed by atoms with Gasteiger partial charge < -0.3 is 15.4 Å². The summed E-state index contributed by atoms with van der Waals surface area (Å²) in [5.74, 6) is 2.97. The third-order valence-electron chi connectivity index (χ3n) is 5.35. The summed E-state index contributed by atoms with van der Waals surface area (Å²) in [6, 6.07) is 0. The van der Waals surface area contributed by atoms with Gasteiger partial charge in [0.15, 0.2) is 11.6 Å². The lowest BCUT2D eigenvalue weighted by molar-refractivity contribution is -0.117. The van der Waals surface area contributed by atoms with Crippen LogP contribution in [0.2, 0.25) is 0 Å². The van der Waals surface area contributed by atoms with Crippen LogP contribution in [0.1, 0.15) is 44.8 Å². The molecule has 2 N–H and O–H groups in total. The number of nitrogens with one attached hydrogen (secondary N) is 2. The number of rotatable bonds is 8. The number of methoxy groups -OCH3 is 1. The molecule has 1 saturated carbocycles. The number of allylic oxidation sites excluding steroid dienone is 3. The molecule has 0 bridgehead atoms. The zero-order valence-corrected chi connectivity index (χ0v) is 18.9. The van der Waals surface area contributed by atoms with Crippen LogP contribution >= 0.6 is 0 Å². The van der Waals surface area contributed by atoms with Crippen LogP contribution in [0.4, 0.5) is 11.6 Å². The highest BCUT2D eigenvalue weighted by atomic mass is 16.5. The van der Waals surface area contributed by atoms with Gasteiger partial charge >= 0.3 is 0 Å². The van der Waals surface area contributed by atoms with Gasteiger partial charge in [0.25, 0.3) is 0 Å². The largest absolute Gasteiger partial charge is 0.496 e. The van der Waals surface area contributed by atoms with Gasteiger partial charge in [0.05, 0.1) is 32.1 Å². The number of anilines is 2. The van der Waals surface area contributed by atoms with E-state index in [4.69, 9.17) is 9.72 Å². The highest BCUT2D eigenvalue weighted by Gasteiger charge is 2.30. The maximum Gasteiger partial charge on any atom is 0.228 e. The average Bonchev–Trinajstić information content (AvgIpc) is 3.48. The first-order valence-corrected chi connectivity index (χ1v) is 10.6. The van der Waals surface area contributed by atoms with Crippen molar-refractivity contribution < 1.29 is 9.53 Å². The fourth-order valence-electron chi connectivity index (χ4n) is 3.58. The topological polar surface area (TPSA) is 124 Å². The lowest BCUT2D eigenvalue weighted by Crippen LogP contribution is -2.15. The second-order valence-electron chi connectivity index (χ2n) is 7.50. The van der Waals surface area contributed by atoms with Gasteiger partial charge in [-0.05, 0) is 31.4 Å². The van der Waals surface area contributed by atoms with Crippen molar-refractivity contribution in [3.05, 3.63) is 35.9 Å². The summed E-state index contributed by atoms with van der Waals surface area (Å²) in [4.78, 5) is 22.8. The quantitative estimate of drug-likeness (QED) is 0.407. The third kappa shape index (κ3) is 3.93. The molecule has 0 atom stereocenters. The summed E-state index contributed by atoms with van der Waals surface area (Å²) in [6.07, 6.45) is 7.89. The Morgan fingerprint density at radius 1 is 1.38 bits per heavy atom. The molecule has 168 valence electrons. The van der Waals surface area contributed by atoms with Gasteiger partial charge in [-0.15, -0.1) is 10.2 Å². The number of aromatic nitrogens is 7. The normalized spacial score (nSPS) is 15.0. The van der Waals surface area contributed by atoms with E-state index in [9.17, 15) is 4.79 Å². The second kappa shape index (κ2) is 8.77. The Morgan fingerprint density at radius 2 is 2.16 bits per heavy atom. The van der Waals surface area contributed by atoms with Crippen molar-refractivity contribution in [1.29, 1.82) is 0 Å². The average molecular weight is 438 g/mol. The zero-order valence-electron chi connectivity index (χ0n) is 18.9. The molecule has 3 aromatic rings. The minimum absolute atomic E-state index is 0.00177.